The van der Waals surface area contributed by atoms with Crippen LogP contribution in [-0.4, -0.2) is 23.8 Å². The Hall–Kier alpha value is -1.22. The van der Waals surface area contributed by atoms with Gasteiger partial charge in [0.15, 0.2) is 0 Å². The number of hydrogen-bond acceptors (Lipinski definition) is 2. The summed E-state index contributed by atoms with van der Waals surface area (Å²) in [5.74, 6) is 0.789. The Morgan fingerprint density at radius 3 is 2.33 bits per heavy atom. The molecule has 2 fully saturated rings. The third-order valence-electron chi connectivity index (χ3n) is 4.19. The number of ketones is 1. The summed E-state index contributed by atoms with van der Waals surface area (Å²) in [5, 5.41) is 0. The van der Waals surface area contributed by atoms with Crippen LogP contribution in [0.1, 0.15) is 24.8 Å². The maximum Gasteiger partial charge on any atom is 0.141 e. The van der Waals surface area contributed by atoms with Crippen LogP contribution in [0.25, 0.3) is 0 Å². The second-order valence-corrected chi connectivity index (χ2v) is 5.55. The minimum absolute atomic E-state index is 0.190. The molecule has 0 aromatic heterocycles. The monoisotopic (exact) mass is 247 g/mol. The molecule has 1 aromatic rings. The third kappa shape index (κ3) is 2.32. The molecule has 2 unspecified atom stereocenters. The lowest BCUT2D eigenvalue weighted by Gasteiger charge is -2.40. The second kappa shape index (κ2) is 4.81. The van der Waals surface area contributed by atoms with Crippen molar-refractivity contribution in [2.75, 3.05) is 13.1 Å². The van der Waals surface area contributed by atoms with Gasteiger partial charge >= 0.3 is 0 Å². The first kappa shape index (κ1) is 11.8. The Labute approximate surface area is 107 Å². The molecule has 96 valence electrons. The van der Waals surface area contributed by atoms with Crippen molar-refractivity contribution < 1.29 is 9.18 Å². The van der Waals surface area contributed by atoms with Crippen LogP contribution < -0.4 is 0 Å². The summed E-state index contributed by atoms with van der Waals surface area (Å²) in [4.78, 5) is 14.3. The maximum absolute atomic E-state index is 12.8. The largest absolute Gasteiger partial charge is 0.299 e. The van der Waals surface area contributed by atoms with E-state index in [1.807, 2.05) is 12.1 Å². The van der Waals surface area contributed by atoms with Crippen molar-refractivity contribution in [2.24, 2.45) is 11.8 Å². The highest BCUT2D eigenvalue weighted by Gasteiger charge is 2.37. The van der Waals surface area contributed by atoms with E-state index in [0.29, 0.717) is 5.78 Å². The minimum Gasteiger partial charge on any atom is -0.299 e. The van der Waals surface area contributed by atoms with Crippen molar-refractivity contribution in [2.45, 2.75) is 25.8 Å². The quantitative estimate of drug-likeness (QED) is 0.800. The highest BCUT2D eigenvalue weighted by molar-refractivity contribution is 5.85. The smallest absolute Gasteiger partial charge is 0.141 e. The number of likely N-dealkylation sites (tertiary alicyclic amines) is 1. The highest BCUT2D eigenvalue weighted by Crippen LogP contribution is 2.32. The van der Waals surface area contributed by atoms with E-state index in [9.17, 15) is 9.18 Å². The van der Waals surface area contributed by atoms with Gasteiger partial charge in [-0.05, 0) is 30.5 Å². The van der Waals surface area contributed by atoms with Crippen LogP contribution in [0.4, 0.5) is 4.39 Å². The molecular formula is C15H18FNO. The molecule has 3 heteroatoms. The summed E-state index contributed by atoms with van der Waals surface area (Å²) in [6, 6.07) is 6.68. The first-order valence-electron chi connectivity index (χ1n) is 6.73. The standard InChI is InChI=1S/C15H18FNO/c16-14-6-4-11(5-7-14)8-17-9-12-2-1-3-13(10-17)15(12)18/h4-7,12-13H,1-3,8-10H2. The molecule has 1 heterocycles. The van der Waals surface area contributed by atoms with Gasteiger partial charge in [0.1, 0.15) is 11.6 Å². The molecule has 2 bridgehead atoms. The lowest BCUT2D eigenvalue weighted by Crippen LogP contribution is -2.48. The Bertz CT molecular complexity index is 426. The average Bonchev–Trinajstić information content (AvgIpc) is 2.33. The van der Waals surface area contributed by atoms with E-state index in [-0.39, 0.29) is 17.7 Å². The lowest BCUT2D eigenvalue weighted by atomic mass is 9.76. The molecule has 1 aromatic carbocycles. The molecule has 1 aliphatic heterocycles. The Balaban J connectivity index is 1.67. The number of carbonyl (C=O) groups excluding carboxylic acids is 1. The Morgan fingerprint density at radius 1 is 1.11 bits per heavy atom. The molecule has 2 nitrogen and oxygen atoms in total. The molecular weight excluding hydrogens is 229 g/mol. The first-order chi connectivity index (χ1) is 8.72. The average molecular weight is 247 g/mol. The Kier molecular flexibility index (Phi) is 3.16. The fraction of sp³-hybridized carbons (Fsp3) is 0.533. The number of rotatable bonds is 2. The molecule has 18 heavy (non-hydrogen) atoms. The van der Waals surface area contributed by atoms with Gasteiger partial charge in [-0.15, -0.1) is 0 Å². The number of Topliss-reactive ketones (excluding diaryl/α,β-unsaturated/α-hetero) is 1. The zero-order chi connectivity index (χ0) is 12.5. The topological polar surface area (TPSA) is 20.3 Å². The summed E-state index contributed by atoms with van der Waals surface area (Å²) in [7, 11) is 0. The van der Waals surface area contributed by atoms with Gasteiger partial charge in [0.2, 0.25) is 0 Å². The lowest BCUT2D eigenvalue weighted by molar-refractivity contribution is -0.134. The molecule has 3 rings (SSSR count). The fourth-order valence-electron chi connectivity index (χ4n) is 3.27. The van der Waals surface area contributed by atoms with Crippen LogP contribution in [0.3, 0.4) is 0 Å². The van der Waals surface area contributed by atoms with Crippen molar-refractivity contribution >= 4 is 5.78 Å². The maximum atomic E-state index is 12.8. The van der Waals surface area contributed by atoms with Gasteiger partial charge in [-0.3, -0.25) is 9.69 Å². The fourth-order valence-corrected chi connectivity index (χ4v) is 3.27. The van der Waals surface area contributed by atoms with E-state index in [1.165, 1.54) is 18.6 Å². The van der Waals surface area contributed by atoms with Crippen LogP contribution in [-0.2, 0) is 11.3 Å². The van der Waals surface area contributed by atoms with Crippen molar-refractivity contribution in [1.82, 2.24) is 4.90 Å². The number of hydrogen-bond donors (Lipinski definition) is 0. The van der Waals surface area contributed by atoms with Gasteiger partial charge < -0.3 is 0 Å². The van der Waals surface area contributed by atoms with Gasteiger partial charge in [0, 0.05) is 31.5 Å². The third-order valence-corrected chi connectivity index (χ3v) is 4.19. The van der Waals surface area contributed by atoms with Crippen molar-refractivity contribution in [1.29, 1.82) is 0 Å². The highest BCUT2D eigenvalue weighted by atomic mass is 19.1. The molecule has 1 saturated heterocycles. The molecule has 0 radical (unpaired) electrons. The van der Waals surface area contributed by atoms with Crippen molar-refractivity contribution in [3.05, 3.63) is 35.6 Å². The van der Waals surface area contributed by atoms with E-state index < -0.39 is 0 Å². The summed E-state index contributed by atoms with van der Waals surface area (Å²) in [6.07, 6.45) is 3.30. The van der Waals surface area contributed by atoms with Crippen LogP contribution >= 0.6 is 0 Å². The molecule has 0 N–H and O–H groups in total. The number of fused-ring (bicyclic) bond motifs is 2. The summed E-state index contributed by atoms with van der Waals surface area (Å²) in [6.45, 7) is 2.60. The zero-order valence-corrected chi connectivity index (χ0v) is 10.4. The predicted octanol–water partition coefficient (Wildman–Crippen LogP) is 2.63. The number of carbonyl (C=O) groups is 1. The van der Waals surface area contributed by atoms with Crippen LogP contribution in [0.5, 0.6) is 0 Å². The molecule has 1 saturated carbocycles. The summed E-state index contributed by atoms with van der Waals surface area (Å²) in [5.41, 5.74) is 1.13. The van der Waals surface area contributed by atoms with Crippen molar-refractivity contribution in [3.8, 4) is 0 Å². The van der Waals surface area contributed by atoms with Crippen LogP contribution in [0.15, 0.2) is 24.3 Å². The number of benzene rings is 1. The van der Waals surface area contributed by atoms with E-state index in [4.69, 9.17) is 0 Å². The number of piperidine rings is 1. The summed E-state index contributed by atoms with van der Waals surface area (Å²) >= 11 is 0. The van der Waals surface area contributed by atoms with Gasteiger partial charge in [-0.1, -0.05) is 18.6 Å². The second-order valence-electron chi connectivity index (χ2n) is 5.55. The predicted molar refractivity (Wildman–Crippen MR) is 67.5 cm³/mol. The molecule has 1 aliphatic carbocycles. The normalized spacial score (nSPS) is 28.4. The minimum atomic E-state index is -0.190. The molecule has 0 amide bonds. The van der Waals surface area contributed by atoms with E-state index in [1.54, 1.807) is 0 Å². The molecule has 2 atom stereocenters. The van der Waals surface area contributed by atoms with Crippen molar-refractivity contribution in [3.63, 3.8) is 0 Å². The van der Waals surface area contributed by atoms with Crippen LogP contribution in [0.2, 0.25) is 0 Å². The molecule has 2 aliphatic rings. The van der Waals surface area contributed by atoms with E-state index in [0.717, 1.165) is 38.0 Å². The molecule has 0 spiro atoms. The van der Waals surface area contributed by atoms with E-state index in [2.05, 4.69) is 4.90 Å². The number of nitrogens with zero attached hydrogens (tertiary/aromatic N) is 1. The zero-order valence-electron chi connectivity index (χ0n) is 10.4. The first-order valence-corrected chi connectivity index (χ1v) is 6.73. The van der Waals surface area contributed by atoms with Gasteiger partial charge in [0.05, 0.1) is 0 Å². The van der Waals surface area contributed by atoms with Gasteiger partial charge in [-0.25, -0.2) is 4.39 Å². The Morgan fingerprint density at radius 2 is 1.72 bits per heavy atom. The van der Waals surface area contributed by atoms with Crippen LogP contribution in [0, 0.1) is 17.7 Å². The SMILES string of the molecule is O=C1C2CCCC1CN(Cc1ccc(F)cc1)C2. The summed E-state index contributed by atoms with van der Waals surface area (Å²) < 4.78 is 12.8. The van der Waals surface area contributed by atoms with Gasteiger partial charge in [0.25, 0.3) is 0 Å². The van der Waals surface area contributed by atoms with E-state index >= 15 is 0 Å². The number of halogens is 1. The van der Waals surface area contributed by atoms with Gasteiger partial charge in [-0.2, -0.15) is 0 Å².